The van der Waals surface area contributed by atoms with E-state index >= 15 is 0 Å². The van der Waals surface area contributed by atoms with E-state index in [1.807, 2.05) is 6.07 Å². The normalized spacial score (nSPS) is 39.8. The Morgan fingerprint density at radius 2 is 2.00 bits per heavy atom. The molecule has 0 aliphatic heterocycles. The van der Waals surface area contributed by atoms with Gasteiger partial charge in [-0.1, -0.05) is 19.9 Å². The number of benzene rings is 1. The maximum Gasteiger partial charge on any atom is 0.168 e. The van der Waals surface area contributed by atoms with Crippen molar-refractivity contribution in [3.8, 4) is 5.75 Å². The van der Waals surface area contributed by atoms with Gasteiger partial charge in [-0.2, -0.15) is 0 Å². The molecule has 1 aromatic carbocycles. The summed E-state index contributed by atoms with van der Waals surface area (Å²) in [5.74, 6) is 3.35. The van der Waals surface area contributed by atoms with E-state index in [4.69, 9.17) is 4.74 Å². The van der Waals surface area contributed by atoms with Crippen LogP contribution in [0.3, 0.4) is 0 Å². The molecule has 0 radical (unpaired) electrons. The van der Waals surface area contributed by atoms with Gasteiger partial charge < -0.3 is 4.74 Å². The zero-order valence-electron chi connectivity index (χ0n) is 14.0. The Bertz CT molecular complexity index is 596. The average Bonchev–Trinajstić information content (AvgIpc) is 2.83. The minimum Gasteiger partial charge on any atom is -0.494 e. The summed E-state index contributed by atoms with van der Waals surface area (Å²) in [4.78, 5) is 0. The lowest BCUT2D eigenvalue weighted by Gasteiger charge is -2.50. The van der Waals surface area contributed by atoms with Crippen molar-refractivity contribution in [1.82, 2.24) is 0 Å². The third kappa shape index (κ3) is 1.82. The van der Waals surface area contributed by atoms with E-state index in [0.717, 1.165) is 36.2 Å². The molecule has 0 amide bonds. The molecule has 2 heteroatoms. The van der Waals surface area contributed by atoms with Crippen LogP contribution < -0.4 is 4.74 Å². The number of halogens is 1. The number of hydrogen-bond acceptors (Lipinski definition) is 1. The first kappa shape index (κ1) is 14.5. The van der Waals surface area contributed by atoms with E-state index < -0.39 is 0 Å². The minimum absolute atomic E-state index is 0.105. The highest BCUT2D eigenvalue weighted by molar-refractivity contribution is 5.42. The van der Waals surface area contributed by atoms with Gasteiger partial charge in [-0.15, -0.1) is 0 Å². The highest BCUT2D eigenvalue weighted by Gasteiger charge is 2.53. The average molecular weight is 302 g/mol. The molecule has 3 aliphatic rings. The van der Waals surface area contributed by atoms with Crippen LogP contribution in [0.4, 0.5) is 4.39 Å². The maximum atomic E-state index is 14.6. The maximum absolute atomic E-state index is 14.6. The first-order valence-electron chi connectivity index (χ1n) is 8.91. The van der Waals surface area contributed by atoms with Crippen molar-refractivity contribution in [3.05, 3.63) is 29.1 Å². The lowest BCUT2D eigenvalue weighted by molar-refractivity contribution is 0.0332. The Hall–Kier alpha value is -1.05. The Morgan fingerprint density at radius 1 is 1.18 bits per heavy atom. The first-order valence-corrected chi connectivity index (χ1v) is 8.91. The topological polar surface area (TPSA) is 9.23 Å². The highest BCUT2D eigenvalue weighted by atomic mass is 19.1. The molecular weight excluding hydrogens is 275 g/mol. The molecule has 0 saturated heterocycles. The van der Waals surface area contributed by atoms with Crippen LogP contribution in [0.25, 0.3) is 0 Å². The Morgan fingerprint density at radius 3 is 2.77 bits per heavy atom. The molecule has 0 aromatic heterocycles. The summed E-state index contributed by atoms with van der Waals surface area (Å²) in [5.41, 5.74) is 2.76. The van der Waals surface area contributed by atoms with Crippen molar-refractivity contribution in [1.29, 1.82) is 0 Å². The van der Waals surface area contributed by atoms with Crippen LogP contribution in [0.5, 0.6) is 5.75 Å². The van der Waals surface area contributed by atoms with E-state index in [2.05, 4.69) is 19.9 Å². The molecule has 0 N–H and O–H groups in total. The lowest BCUT2D eigenvalue weighted by atomic mass is 9.54. The van der Waals surface area contributed by atoms with Crippen LogP contribution in [-0.2, 0) is 6.42 Å². The minimum atomic E-state index is -0.105. The predicted molar refractivity (Wildman–Crippen MR) is 86.7 cm³/mol. The fourth-order valence-corrected chi connectivity index (χ4v) is 6.02. The molecule has 22 heavy (non-hydrogen) atoms. The molecule has 1 nitrogen and oxygen atoms in total. The van der Waals surface area contributed by atoms with Crippen LogP contribution in [0.1, 0.15) is 63.0 Å². The number of fused-ring (bicyclic) bond motifs is 5. The van der Waals surface area contributed by atoms with E-state index in [1.54, 1.807) is 7.11 Å². The van der Waals surface area contributed by atoms with Crippen molar-refractivity contribution in [3.63, 3.8) is 0 Å². The summed E-state index contributed by atoms with van der Waals surface area (Å²) in [6.07, 6.45) is 7.37. The summed E-state index contributed by atoms with van der Waals surface area (Å²) in [7, 11) is 1.56. The zero-order chi connectivity index (χ0) is 15.5. The fourth-order valence-electron chi connectivity index (χ4n) is 6.02. The molecule has 0 heterocycles. The van der Waals surface area contributed by atoms with Gasteiger partial charge in [-0.25, -0.2) is 4.39 Å². The van der Waals surface area contributed by atoms with Crippen LogP contribution in [0.2, 0.25) is 0 Å². The largest absolute Gasteiger partial charge is 0.494 e. The third-order valence-corrected chi connectivity index (χ3v) is 7.50. The summed E-state index contributed by atoms with van der Waals surface area (Å²) >= 11 is 0. The number of hydrogen-bond donors (Lipinski definition) is 0. The van der Waals surface area contributed by atoms with E-state index in [-0.39, 0.29) is 5.82 Å². The van der Waals surface area contributed by atoms with Gasteiger partial charge in [0.05, 0.1) is 7.11 Å². The molecule has 1 aromatic rings. The van der Waals surface area contributed by atoms with Gasteiger partial charge in [0, 0.05) is 0 Å². The zero-order valence-corrected chi connectivity index (χ0v) is 14.0. The van der Waals surface area contributed by atoms with Crippen molar-refractivity contribution < 1.29 is 9.13 Å². The van der Waals surface area contributed by atoms with E-state index in [0.29, 0.717) is 17.1 Å². The van der Waals surface area contributed by atoms with Crippen molar-refractivity contribution in [2.45, 2.75) is 58.3 Å². The molecule has 5 atom stereocenters. The monoisotopic (exact) mass is 302 g/mol. The second kappa shape index (κ2) is 4.97. The first-order chi connectivity index (χ1) is 10.6. The van der Waals surface area contributed by atoms with Gasteiger partial charge in [-0.05, 0) is 84.8 Å². The molecule has 3 aliphatic carbocycles. The molecule has 120 valence electrons. The fraction of sp³-hybridized carbons (Fsp3) is 0.700. The quantitative estimate of drug-likeness (QED) is 0.681. The molecule has 0 bridgehead atoms. The van der Waals surface area contributed by atoms with Crippen molar-refractivity contribution >= 4 is 0 Å². The summed E-state index contributed by atoms with van der Waals surface area (Å²) in [6, 6.07) is 3.98. The summed E-state index contributed by atoms with van der Waals surface area (Å²) in [6.45, 7) is 4.97. The molecule has 5 unspecified atom stereocenters. The van der Waals surface area contributed by atoms with Gasteiger partial charge in [0.2, 0.25) is 0 Å². The van der Waals surface area contributed by atoms with E-state index in [9.17, 15) is 4.39 Å². The van der Waals surface area contributed by atoms with Crippen LogP contribution >= 0.6 is 0 Å². The van der Waals surface area contributed by atoms with Gasteiger partial charge in [0.25, 0.3) is 0 Å². The molecule has 0 spiro atoms. The molecule has 4 rings (SSSR count). The Kier molecular flexibility index (Phi) is 3.29. The number of methoxy groups -OCH3 is 1. The Labute approximate surface area is 133 Å². The van der Waals surface area contributed by atoms with Crippen molar-refractivity contribution in [2.24, 2.45) is 23.2 Å². The standard InChI is InChI=1S/C20H27FO/c1-12-4-8-17-15-5-6-16-13(7-9-18(22-3)19(16)21)14(15)10-11-20(12,17)2/h7,9,12,14-15,17H,4-6,8,10-11H2,1-3H3. The van der Waals surface area contributed by atoms with Crippen molar-refractivity contribution in [2.75, 3.05) is 7.11 Å². The van der Waals surface area contributed by atoms with Gasteiger partial charge in [0.1, 0.15) is 0 Å². The number of rotatable bonds is 1. The summed E-state index contributed by atoms with van der Waals surface area (Å²) < 4.78 is 19.8. The van der Waals surface area contributed by atoms with Gasteiger partial charge in [-0.3, -0.25) is 0 Å². The van der Waals surface area contributed by atoms with Gasteiger partial charge >= 0.3 is 0 Å². The molecular formula is C20H27FO. The van der Waals surface area contributed by atoms with Crippen LogP contribution in [0.15, 0.2) is 12.1 Å². The molecule has 2 fully saturated rings. The smallest absolute Gasteiger partial charge is 0.168 e. The predicted octanol–water partition coefficient (Wildman–Crippen LogP) is 5.33. The lowest BCUT2D eigenvalue weighted by Crippen LogP contribution is -2.41. The SMILES string of the molecule is COc1ccc2c(c1F)CCC1C2CCC2(C)C(C)CCC12. The third-order valence-electron chi connectivity index (χ3n) is 7.50. The van der Waals surface area contributed by atoms with Gasteiger partial charge in [0.15, 0.2) is 11.6 Å². The summed E-state index contributed by atoms with van der Waals surface area (Å²) in [5, 5.41) is 0. The highest BCUT2D eigenvalue weighted by Crippen LogP contribution is 2.63. The number of ether oxygens (including phenoxy) is 1. The second-order valence-corrected chi connectivity index (χ2v) is 8.09. The Balaban J connectivity index is 1.72. The van der Waals surface area contributed by atoms with E-state index in [1.165, 1.54) is 31.2 Å². The van der Waals surface area contributed by atoms with Crippen LogP contribution in [0, 0.1) is 29.0 Å². The van der Waals surface area contributed by atoms with Crippen LogP contribution in [-0.4, -0.2) is 7.11 Å². The second-order valence-electron chi connectivity index (χ2n) is 8.09. The molecule has 2 saturated carbocycles.